The lowest BCUT2D eigenvalue weighted by Gasteiger charge is -2.21. The number of rotatable bonds is 16. The van der Waals surface area contributed by atoms with E-state index in [2.05, 4.69) is 0 Å². The highest BCUT2D eigenvalue weighted by Crippen LogP contribution is 2.47. The average molecular weight is 1090 g/mol. The Morgan fingerprint density at radius 1 is 0.278 bits per heavy atom. The molecule has 7 aromatic carbocycles. The first-order chi connectivity index (χ1) is 37.8. The quantitative estimate of drug-likeness (QED) is 0.0643. The minimum Gasteiger partial charge on any atom is -0.496 e. The molecule has 0 saturated heterocycles. The Hall–Kier alpha value is -10.0. The van der Waals surface area contributed by atoms with Gasteiger partial charge < -0.3 is 47.4 Å². The summed E-state index contributed by atoms with van der Waals surface area (Å²) in [6.07, 6.45) is 0.206. The first kappa shape index (κ1) is 55.2. The molecule has 0 fully saturated rings. The molecule has 10 aliphatic carbocycles. The first-order valence-electron chi connectivity index (χ1n) is 23.6. The van der Waals surface area contributed by atoms with Crippen LogP contribution in [0.15, 0.2) is 84.9 Å². The topological polar surface area (TPSA) is 265 Å². The fourth-order valence-electron chi connectivity index (χ4n) is 9.37. The van der Waals surface area contributed by atoms with Crippen LogP contribution in [0.5, 0.6) is 69.0 Å². The van der Waals surface area contributed by atoms with Gasteiger partial charge in [-0.05, 0) is 60.7 Å². The van der Waals surface area contributed by atoms with Gasteiger partial charge in [0.05, 0.1) is 76.6 Å². The van der Waals surface area contributed by atoms with E-state index >= 15 is 8.78 Å². The van der Waals surface area contributed by atoms with Gasteiger partial charge in [-0.2, -0.15) is 8.78 Å². The van der Waals surface area contributed by atoms with Gasteiger partial charge in [0.1, 0.15) is 69.6 Å². The van der Waals surface area contributed by atoms with Gasteiger partial charge in [-0.25, -0.2) is 0 Å². The Labute approximate surface area is 448 Å². The number of hydrogen-bond donors (Lipinski definition) is 0. The summed E-state index contributed by atoms with van der Waals surface area (Å²) >= 11 is 0. The van der Waals surface area contributed by atoms with Crippen LogP contribution < -0.4 is 47.4 Å². The molecule has 0 N–H and O–H groups in total. The molecule has 22 nitrogen and oxygen atoms in total. The van der Waals surface area contributed by atoms with Gasteiger partial charge in [-0.3, -0.25) is 40.5 Å². The van der Waals surface area contributed by atoms with E-state index in [4.69, 9.17) is 47.4 Å². The molecule has 0 aromatic heterocycles. The molecular weight excluding hydrogens is 1040 g/mol. The van der Waals surface area contributed by atoms with E-state index in [1.54, 1.807) is 38.5 Å². The maximum absolute atomic E-state index is 15.5. The molecule has 0 atom stereocenters. The second-order valence-corrected chi connectivity index (χ2v) is 17.6. The summed E-state index contributed by atoms with van der Waals surface area (Å²) < 4.78 is 91.1. The largest absolute Gasteiger partial charge is 0.496 e. The fourth-order valence-corrected chi connectivity index (χ4v) is 9.37. The van der Waals surface area contributed by atoms with Crippen molar-refractivity contribution in [2.45, 2.75) is 32.1 Å². The third-order valence-corrected chi connectivity index (χ3v) is 13.2. The molecule has 410 valence electrons. The zero-order valence-electron chi connectivity index (χ0n) is 43.5. The first-order valence-corrected chi connectivity index (χ1v) is 23.6. The van der Waals surface area contributed by atoms with E-state index in [0.29, 0.717) is 98.6 Å². The number of ether oxygens (including phenoxy) is 10. The molecule has 10 aliphatic rings. The molecule has 0 spiro atoms. The van der Waals surface area contributed by atoms with Crippen molar-refractivity contribution in [1.82, 2.24) is 0 Å². The average Bonchev–Trinajstić information content (AvgIpc) is 3.51. The normalized spacial score (nSPS) is 11.8. The van der Waals surface area contributed by atoms with Crippen molar-refractivity contribution in [3.63, 3.8) is 0 Å². The SMILES string of the molecule is COc1cc2c(OC)cc1Cc1cc(OC)c(cc1OC)Cc1cc(OC)c(cc1OC)Cc1cc(Oc3cc(F)c([N+](=O)[O-])cc3[N+](=O)[O-])c(cc1Oc1cc(F)c([N+](=O)[O-])cc1[N+](=O)[O-])Cc1cc(OC)c(cc1OC)C2. The number of nitro benzene ring substituents is 4. The molecule has 7 aromatic rings. The molecule has 0 amide bonds. The highest BCUT2D eigenvalue weighted by atomic mass is 19.1. The van der Waals surface area contributed by atoms with E-state index in [0.717, 1.165) is 11.1 Å². The molecule has 17 rings (SSSR count). The van der Waals surface area contributed by atoms with Crippen LogP contribution in [0.4, 0.5) is 31.5 Å². The maximum Gasteiger partial charge on any atom is 0.318 e. The lowest BCUT2D eigenvalue weighted by Crippen LogP contribution is -2.06. The lowest BCUT2D eigenvalue weighted by atomic mass is 9.94. The third-order valence-electron chi connectivity index (χ3n) is 13.2. The number of methoxy groups -OCH3 is 8. The minimum atomic E-state index is -1.48. The highest BCUT2D eigenvalue weighted by Gasteiger charge is 2.31. The molecule has 0 heterocycles. The molecule has 24 heteroatoms. The minimum absolute atomic E-state index is 0.0487. The van der Waals surface area contributed by atoms with Crippen molar-refractivity contribution in [3.05, 3.63) is 193 Å². The summed E-state index contributed by atoms with van der Waals surface area (Å²) in [5.74, 6) is -1.79. The van der Waals surface area contributed by atoms with Gasteiger partial charge >= 0.3 is 22.7 Å². The van der Waals surface area contributed by atoms with Crippen molar-refractivity contribution < 1.29 is 75.8 Å². The van der Waals surface area contributed by atoms with Crippen LogP contribution in [0.3, 0.4) is 0 Å². The molecule has 0 saturated carbocycles. The Bertz CT molecular complexity index is 3380. The van der Waals surface area contributed by atoms with Crippen LogP contribution in [0.25, 0.3) is 0 Å². The van der Waals surface area contributed by atoms with Crippen LogP contribution in [0, 0.1) is 52.1 Å². The lowest BCUT2D eigenvalue weighted by molar-refractivity contribution is -0.396. The Morgan fingerprint density at radius 3 is 0.633 bits per heavy atom. The van der Waals surface area contributed by atoms with Gasteiger partial charge in [0.2, 0.25) is 23.1 Å². The standard InChI is InChI=1S/C55H48F2N4O18/c1-70-44-16-30-10-32-18-50(76-7)34(20-48(32)74-5)12-36-22-53(79-55-25-39(57)41(59(64)65)27-43(55)61(68)69)37(23-52(36)78-54-24-38(56)40(58(62)63)26-42(54)60(66)67)13-35-21-49(75-6)33(19-51(35)77-8)11-31-17-45(71-2)29(15-47(31)73-4)9-28(44)14-46(30)72-3/h14-27H,9-13H2,1-8H3. The summed E-state index contributed by atoms with van der Waals surface area (Å²) in [5, 5.41) is 48.6. The maximum atomic E-state index is 15.5. The fraction of sp³-hybridized carbons (Fsp3) is 0.236. The molecule has 10 bridgehead atoms. The van der Waals surface area contributed by atoms with Gasteiger partial charge in [0, 0.05) is 99.9 Å². The summed E-state index contributed by atoms with van der Waals surface area (Å²) in [6, 6.07) is 18.4. The van der Waals surface area contributed by atoms with Crippen molar-refractivity contribution in [2.24, 2.45) is 0 Å². The monoisotopic (exact) mass is 1090 g/mol. The summed E-state index contributed by atoms with van der Waals surface area (Å²) in [6.45, 7) is 0. The summed E-state index contributed by atoms with van der Waals surface area (Å²) in [5.41, 5.74) is 0.476. The van der Waals surface area contributed by atoms with E-state index in [1.807, 2.05) is 24.3 Å². The van der Waals surface area contributed by atoms with Gasteiger partial charge in [0.15, 0.2) is 0 Å². The van der Waals surface area contributed by atoms with E-state index in [9.17, 15) is 40.5 Å². The van der Waals surface area contributed by atoms with E-state index < -0.39 is 65.6 Å². The predicted octanol–water partition coefficient (Wildman–Crippen LogP) is 11.5. The molecule has 0 unspecified atom stereocenters. The van der Waals surface area contributed by atoms with Crippen molar-refractivity contribution in [2.75, 3.05) is 56.9 Å². The molecule has 0 radical (unpaired) electrons. The number of nitrogens with zero attached hydrogens (tertiary/aromatic N) is 4. The van der Waals surface area contributed by atoms with Crippen molar-refractivity contribution >= 4 is 22.7 Å². The zero-order valence-corrected chi connectivity index (χ0v) is 43.5. The number of nitro groups is 4. The molecule has 79 heavy (non-hydrogen) atoms. The van der Waals surface area contributed by atoms with Crippen LogP contribution >= 0.6 is 0 Å². The number of benzene rings is 7. The Kier molecular flexibility index (Phi) is 16.1. The van der Waals surface area contributed by atoms with Crippen LogP contribution in [-0.4, -0.2) is 76.6 Å². The summed E-state index contributed by atoms with van der Waals surface area (Å²) in [4.78, 5) is 44.3. The third kappa shape index (κ3) is 11.3. The molecule has 0 aliphatic heterocycles. The van der Waals surface area contributed by atoms with Crippen molar-refractivity contribution in [1.29, 1.82) is 0 Å². The summed E-state index contributed by atoms with van der Waals surface area (Å²) in [7, 11) is 11.8. The predicted molar refractivity (Wildman–Crippen MR) is 278 cm³/mol. The van der Waals surface area contributed by atoms with Gasteiger partial charge in [0.25, 0.3) is 0 Å². The van der Waals surface area contributed by atoms with Crippen LogP contribution in [0.2, 0.25) is 0 Å². The van der Waals surface area contributed by atoms with Crippen LogP contribution in [-0.2, 0) is 32.1 Å². The van der Waals surface area contributed by atoms with Crippen molar-refractivity contribution in [3.8, 4) is 69.0 Å². The second kappa shape index (κ2) is 23.1. The Balaban J connectivity index is 1.46. The highest BCUT2D eigenvalue weighted by molar-refractivity contribution is 5.63. The smallest absolute Gasteiger partial charge is 0.318 e. The van der Waals surface area contributed by atoms with E-state index in [-0.39, 0.29) is 59.8 Å². The van der Waals surface area contributed by atoms with E-state index in [1.165, 1.54) is 54.8 Å². The molecular formula is C55H48F2N4O18. The second-order valence-electron chi connectivity index (χ2n) is 17.6. The van der Waals surface area contributed by atoms with Crippen LogP contribution in [0.1, 0.15) is 55.6 Å². The van der Waals surface area contributed by atoms with Gasteiger partial charge in [-0.1, -0.05) is 0 Å². The number of halogens is 2. The Morgan fingerprint density at radius 2 is 0.456 bits per heavy atom. The zero-order chi connectivity index (χ0) is 57.0. The van der Waals surface area contributed by atoms with Gasteiger partial charge in [-0.15, -0.1) is 0 Å². The number of hydrogen-bond acceptors (Lipinski definition) is 18.